The fourth-order valence-corrected chi connectivity index (χ4v) is 4.35. The summed E-state index contributed by atoms with van der Waals surface area (Å²) in [5, 5.41) is 6.46. The van der Waals surface area contributed by atoms with E-state index in [2.05, 4.69) is 52.5 Å². The lowest BCUT2D eigenvalue weighted by Crippen LogP contribution is -2.50. The molecule has 7 heteroatoms. The number of nitrogens with one attached hydrogen (secondary N) is 2. The monoisotopic (exact) mass is 423 g/mol. The lowest BCUT2D eigenvalue weighted by Gasteiger charge is -2.37. The highest BCUT2D eigenvalue weighted by atomic mass is 16.5. The van der Waals surface area contributed by atoms with Crippen molar-refractivity contribution in [3.8, 4) is 5.75 Å². The summed E-state index contributed by atoms with van der Waals surface area (Å²) < 4.78 is 5.56. The van der Waals surface area contributed by atoms with Crippen molar-refractivity contribution < 1.29 is 9.53 Å². The minimum Gasteiger partial charge on any atom is -0.495 e. The van der Waals surface area contributed by atoms with E-state index in [4.69, 9.17) is 4.74 Å². The predicted molar refractivity (Wildman–Crippen MR) is 127 cm³/mol. The van der Waals surface area contributed by atoms with Crippen molar-refractivity contribution in [2.45, 2.75) is 13.8 Å². The SMILES string of the molecule is COc1ccc(NC(=O)N2CCN(c3cccc(C)c3C)CC2)cc1N1CCNCC1. The van der Waals surface area contributed by atoms with E-state index in [1.807, 2.05) is 23.1 Å². The number of rotatable bonds is 4. The number of hydrogen-bond donors (Lipinski definition) is 2. The first-order valence-corrected chi connectivity index (χ1v) is 11.1. The van der Waals surface area contributed by atoms with Gasteiger partial charge in [-0.05, 0) is 49.2 Å². The van der Waals surface area contributed by atoms with Crippen LogP contribution in [-0.2, 0) is 0 Å². The molecule has 2 aliphatic rings. The number of carbonyl (C=O) groups is 1. The molecule has 0 unspecified atom stereocenters. The molecule has 2 N–H and O–H groups in total. The maximum atomic E-state index is 12.9. The number of methoxy groups -OCH3 is 1. The second kappa shape index (κ2) is 9.47. The van der Waals surface area contributed by atoms with E-state index in [0.29, 0.717) is 13.1 Å². The van der Waals surface area contributed by atoms with Gasteiger partial charge in [-0.1, -0.05) is 12.1 Å². The van der Waals surface area contributed by atoms with Crippen molar-refractivity contribution in [1.82, 2.24) is 10.2 Å². The Balaban J connectivity index is 1.39. The smallest absolute Gasteiger partial charge is 0.321 e. The molecule has 7 nitrogen and oxygen atoms in total. The van der Waals surface area contributed by atoms with Crippen LogP contribution in [-0.4, -0.2) is 70.4 Å². The van der Waals surface area contributed by atoms with Gasteiger partial charge in [0.15, 0.2) is 0 Å². The van der Waals surface area contributed by atoms with Crippen LogP contribution in [0.1, 0.15) is 11.1 Å². The van der Waals surface area contributed by atoms with E-state index in [-0.39, 0.29) is 6.03 Å². The Morgan fingerprint density at radius 1 is 0.935 bits per heavy atom. The van der Waals surface area contributed by atoms with Crippen LogP contribution in [0.25, 0.3) is 0 Å². The zero-order valence-electron chi connectivity index (χ0n) is 18.8. The van der Waals surface area contributed by atoms with Crippen LogP contribution in [0.3, 0.4) is 0 Å². The third kappa shape index (κ3) is 4.71. The maximum Gasteiger partial charge on any atom is 0.321 e. The van der Waals surface area contributed by atoms with Crippen molar-refractivity contribution in [3.05, 3.63) is 47.5 Å². The van der Waals surface area contributed by atoms with E-state index >= 15 is 0 Å². The van der Waals surface area contributed by atoms with Crippen LogP contribution in [0.2, 0.25) is 0 Å². The highest BCUT2D eigenvalue weighted by Gasteiger charge is 2.23. The molecule has 0 aliphatic carbocycles. The number of aryl methyl sites for hydroxylation is 1. The molecule has 0 atom stereocenters. The number of piperazine rings is 2. The van der Waals surface area contributed by atoms with Crippen LogP contribution in [0, 0.1) is 13.8 Å². The van der Waals surface area contributed by atoms with Crippen LogP contribution in [0.5, 0.6) is 5.75 Å². The largest absolute Gasteiger partial charge is 0.495 e. The van der Waals surface area contributed by atoms with E-state index in [1.165, 1.54) is 16.8 Å². The maximum absolute atomic E-state index is 12.9. The molecule has 0 bridgehead atoms. The molecule has 2 amide bonds. The molecule has 4 rings (SSSR count). The normalized spacial score (nSPS) is 16.9. The number of amides is 2. The third-order valence-electron chi connectivity index (χ3n) is 6.37. The summed E-state index contributed by atoms with van der Waals surface area (Å²) in [7, 11) is 1.69. The second-order valence-electron chi connectivity index (χ2n) is 8.25. The third-order valence-corrected chi connectivity index (χ3v) is 6.37. The Kier molecular flexibility index (Phi) is 6.51. The minimum atomic E-state index is -0.0444. The first-order valence-electron chi connectivity index (χ1n) is 11.1. The molecular weight excluding hydrogens is 390 g/mol. The van der Waals surface area contributed by atoms with Crippen LogP contribution in [0.15, 0.2) is 36.4 Å². The number of urea groups is 1. The summed E-state index contributed by atoms with van der Waals surface area (Å²) in [5.74, 6) is 0.835. The highest BCUT2D eigenvalue weighted by Crippen LogP contribution is 2.32. The van der Waals surface area contributed by atoms with Gasteiger partial charge >= 0.3 is 6.03 Å². The Bertz CT molecular complexity index is 918. The van der Waals surface area contributed by atoms with Crippen molar-refractivity contribution in [3.63, 3.8) is 0 Å². The highest BCUT2D eigenvalue weighted by molar-refractivity contribution is 5.90. The molecule has 31 heavy (non-hydrogen) atoms. The Morgan fingerprint density at radius 3 is 2.35 bits per heavy atom. The fraction of sp³-hybridized carbons (Fsp3) is 0.458. The van der Waals surface area contributed by atoms with Gasteiger partial charge in [-0.2, -0.15) is 0 Å². The van der Waals surface area contributed by atoms with E-state index in [1.54, 1.807) is 7.11 Å². The Labute approximate surface area is 185 Å². The first kappa shape index (κ1) is 21.3. The average Bonchev–Trinajstić information content (AvgIpc) is 2.81. The Morgan fingerprint density at radius 2 is 1.65 bits per heavy atom. The molecule has 2 aliphatic heterocycles. The molecule has 0 spiro atoms. The van der Waals surface area contributed by atoms with Gasteiger partial charge in [0, 0.05) is 63.7 Å². The molecule has 0 radical (unpaired) electrons. The molecule has 166 valence electrons. The summed E-state index contributed by atoms with van der Waals surface area (Å²) in [6.45, 7) is 11.2. The minimum absolute atomic E-state index is 0.0444. The van der Waals surface area contributed by atoms with Gasteiger partial charge in [-0.15, -0.1) is 0 Å². The quantitative estimate of drug-likeness (QED) is 0.792. The number of carbonyl (C=O) groups excluding carboxylic acids is 1. The average molecular weight is 424 g/mol. The van der Waals surface area contributed by atoms with Gasteiger partial charge in [-0.25, -0.2) is 4.79 Å². The molecule has 0 saturated carbocycles. The van der Waals surface area contributed by atoms with Crippen molar-refractivity contribution in [2.75, 3.05) is 74.6 Å². The van der Waals surface area contributed by atoms with Crippen LogP contribution < -0.4 is 25.2 Å². The topological polar surface area (TPSA) is 60.1 Å². The van der Waals surface area contributed by atoms with Gasteiger partial charge in [0.05, 0.1) is 12.8 Å². The van der Waals surface area contributed by atoms with Crippen molar-refractivity contribution in [1.29, 1.82) is 0 Å². The van der Waals surface area contributed by atoms with Crippen molar-refractivity contribution >= 4 is 23.1 Å². The van der Waals surface area contributed by atoms with Gasteiger partial charge in [0.1, 0.15) is 5.75 Å². The zero-order chi connectivity index (χ0) is 21.8. The van der Waals surface area contributed by atoms with Crippen LogP contribution in [0.4, 0.5) is 21.9 Å². The zero-order valence-corrected chi connectivity index (χ0v) is 18.8. The molecular formula is C24H33N5O2. The van der Waals surface area contributed by atoms with Gasteiger partial charge in [-0.3, -0.25) is 0 Å². The summed E-state index contributed by atoms with van der Waals surface area (Å²) in [4.78, 5) is 19.5. The summed E-state index contributed by atoms with van der Waals surface area (Å²) in [6, 6.07) is 12.3. The number of anilines is 3. The predicted octanol–water partition coefficient (Wildman–Crippen LogP) is 3.08. The van der Waals surface area contributed by atoms with E-state index in [9.17, 15) is 4.79 Å². The summed E-state index contributed by atoms with van der Waals surface area (Å²) in [6.07, 6.45) is 0. The van der Waals surface area contributed by atoms with E-state index < -0.39 is 0 Å². The second-order valence-corrected chi connectivity index (χ2v) is 8.25. The molecule has 2 fully saturated rings. The number of ether oxygens (including phenoxy) is 1. The van der Waals surface area contributed by atoms with Gasteiger partial charge in [0.25, 0.3) is 0 Å². The van der Waals surface area contributed by atoms with Crippen molar-refractivity contribution in [2.24, 2.45) is 0 Å². The summed E-state index contributed by atoms with van der Waals surface area (Å²) >= 11 is 0. The molecule has 2 saturated heterocycles. The Hall–Kier alpha value is -2.93. The molecule has 0 aromatic heterocycles. The van der Waals surface area contributed by atoms with Crippen LogP contribution >= 0.6 is 0 Å². The standard InChI is InChI=1S/C24H33N5O2/c1-18-5-4-6-21(19(18)2)28-13-15-29(16-14-28)24(30)26-20-7-8-23(31-3)22(17-20)27-11-9-25-10-12-27/h4-8,17,25H,9-16H2,1-3H3,(H,26,30). The summed E-state index contributed by atoms with van der Waals surface area (Å²) in [5.41, 5.74) is 5.73. The molecule has 2 aromatic rings. The lowest BCUT2D eigenvalue weighted by atomic mass is 10.1. The fourth-order valence-electron chi connectivity index (χ4n) is 4.35. The number of benzene rings is 2. The molecule has 2 heterocycles. The number of hydrogen-bond acceptors (Lipinski definition) is 5. The molecule has 2 aromatic carbocycles. The lowest BCUT2D eigenvalue weighted by molar-refractivity contribution is 0.208. The first-order chi connectivity index (χ1) is 15.1. The van der Waals surface area contributed by atoms with E-state index in [0.717, 1.165) is 56.4 Å². The number of nitrogens with zero attached hydrogens (tertiary/aromatic N) is 3. The van der Waals surface area contributed by atoms with Gasteiger partial charge in [0.2, 0.25) is 0 Å². The van der Waals surface area contributed by atoms with Gasteiger partial charge < -0.3 is 30.1 Å².